The Labute approximate surface area is 140 Å². The maximum Gasteiger partial charge on any atom is 0.268 e. The lowest BCUT2D eigenvalue weighted by molar-refractivity contribution is 0.0995. The van der Waals surface area contributed by atoms with Gasteiger partial charge in [0.25, 0.3) is 5.91 Å². The summed E-state index contributed by atoms with van der Waals surface area (Å²) >= 11 is 0. The van der Waals surface area contributed by atoms with E-state index in [0.717, 1.165) is 36.4 Å². The first-order valence-corrected chi connectivity index (χ1v) is 7.74. The summed E-state index contributed by atoms with van der Waals surface area (Å²) < 4.78 is 10.8. The summed E-state index contributed by atoms with van der Waals surface area (Å²) in [5, 5.41) is 0. The first kappa shape index (κ1) is 16.0. The smallest absolute Gasteiger partial charge is 0.268 e. The third kappa shape index (κ3) is 2.97. The molecule has 1 atom stereocenters. The number of ether oxygens (including phenoxy) is 2. The lowest BCUT2D eigenvalue weighted by Crippen LogP contribution is -2.25. The molecule has 7 nitrogen and oxygen atoms in total. The maximum absolute atomic E-state index is 11.4. The monoisotopic (exact) mass is 328 g/mol. The van der Waals surface area contributed by atoms with Crippen LogP contribution in [0.2, 0.25) is 0 Å². The molecule has 2 aromatic rings. The molecule has 1 saturated heterocycles. The van der Waals surface area contributed by atoms with Crippen LogP contribution in [-0.2, 0) is 0 Å². The molecule has 126 valence electrons. The molecule has 1 fully saturated rings. The number of aromatic nitrogens is 2. The highest BCUT2D eigenvalue weighted by Crippen LogP contribution is 2.40. The number of carbonyl (C=O) groups excluding carboxylic acids is 1. The van der Waals surface area contributed by atoms with Crippen molar-refractivity contribution in [2.24, 2.45) is 5.73 Å². The van der Waals surface area contributed by atoms with Crippen molar-refractivity contribution in [3.8, 4) is 11.5 Å². The highest BCUT2D eigenvalue weighted by Gasteiger charge is 2.30. The molecular weight excluding hydrogens is 308 g/mol. The zero-order valence-electron chi connectivity index (χ0n) is 13.7. The van der Waals surface area contributed by atoms with Crippen LogP contribution in [0.25, 0.3) is 0 Å². The van der Waals surface area contributed by atoms with Gasteiger partial charge in [-0.15, -0.1) is 0 Å². The van der Waals surface area contributed by atoms with Gasteiger partial charge in [0.2, 0.25) is 0 Å². The third-order valence-electron chi connectivity index (χ3n) is 4.22. The SMILES string of the molecule is COc1ccc(C2CCCN2c2cncc(C(N)=O)n2)c(OC)c1. The number of nitrogens with zero attached hydrogens (tertiary/aromatic N) is 3. The summed E-state index contributed by atoms with van der Waals surface area (Å²) in [6, 6.07) is 5.90. The Morgan fingerprint density at radius 1 is 1.29 bits per heavy atom. The van der Waals surface area contributed by atoms with E-state index in [4.69, 9.17) is 15.2 Å². The molecule has 0 saturated carbocycles. The molecule has 1 aliphatic heterocycles. The summed E-state index contributed by atoms with van der Waals surface area (Å²) in [5.41, 5.74) is 6.53. The maximum atomic E-state index is 11.4. The normalized spacial score (nSPS) is 16.9. The summed E-state index contributed by atoms with van der Waals surface area (Å²) in [4.78, 5) is 21.9. The number of amides is 1. The summed E-state index contributed by atoms with van der Waals surface area (Å²) in [6.45, 7) is 0.830. The van der Waals surface area contributed by atoms with Crippen LogP contribution < -0.4 is 20.1 Å². The fourth-order valence-electron chi connectivity index (χ4n) is 3.07. The molecule has 1 aromatic heterocycles. The first-order valence-electron chi connectivity index (χ1n) is 7.74. The van der Waals surface area contributed by atoms with Crippen LogP contribution in [-0.4, -0.2) is 36.6 Å². The van der Waals surface area contributed by atoms with Crippen LogP contribution >= 0.6 is 0 Å². The Bertz CT molecular complexity index is 750. The average molecular weight is 328 g/mol. The largest absolute Gasteiger partial charge is 0.497 e. The number of primary amides is 1. The van der Waals surface area contributed by atoms with E-state index in [0.29, 0.717) is 5.82 Å². The van der Waals surface area contributed by atoms with Crippen molar-refractivity contribution in [1.82, 2.24) is 9.97 Å². The molecule has 1 unspecified atom stereocenters. The van der Waals surface area contributed by atoms with Gasteiger partial charge in [-0.1, -0.05) is 0 Å². The zero-order chi connectivity index (χ0) is 17.1. The molecule has 1 aromatic carbocycles. The molecule has 0 radical (unpaired) electrons. The second-order valence-corrected chi connectivity index (χ2v) is 5.59. The van der Waals surface area contributed by atoms with E-state index in [-0.39, 0.29) is 11.7 Å². The van der Waals surface area contributed by atoms with Crippen LogP contribution in [0, 0.1) is 0 Å². The van der Waals surface area contributed by atoms with Crippen molar-refractivity contribution in [3.05, 3.63) is 41.9 Å². The fourth-order valence-corrected chi connectivity index (χ4v) is 3.07. The van der Waals surface area contributed by atoms with E-state index >= 15 is 0 Å². The molecule has 3 rings (SSSR count). The van der Waals surface area contributed by atoms with E-state index in [1.165, 1.54) is 6.20 Å². The van der Waals surface area contributed by atoms with Crippen molar-refractivity contribution < 1.29 is 14.3 Å². The molecule has 24 heavy (non-hydrogen) atoms. The van der Waals surface area contributed by atoms with E-state index in [2.05, 4.69) is 14.9 Å². The number of hydrogen-bond donors (Lipinski definition) is 1. The lowest BCUT2D eigenvalue weighted by Gasteiger charge is -2.27. The van der Waals surface area contributed by atoms with Gasteiger partial charge in [0.1, 0.15) is 23.0 Å². The minimum atomic E-state index is -0.581. The Kier molecular flexibility index (Phi) is 4.50. The van der Waals surface area contributed by atoms with Crippen LogP contribution in [0.3, 0.4) is 0 Å². The Balaban J connectivity index is 1.96. The minimum Gasteiger partial charge on any atom is -0.497 e. The molecule has 1 aliphatic rings. The second kappa shape index (κ2) is 6.74. The van der Waals surface area contributed by atoms with Crippen molar-refractivity contribution in [2.75, 3.05) is 25.7 Å². The lowest BCUT2D eigenvalue weighted by atomic mass is 10.0. The van der Waals surface area contributed by atoms with Gasteiger partial charge in [-0.25, -0.2) is 4.98 Å². The second-order valence-electron chi connectivity index (χ2n) is 5.59. The van der Waals surface area contributed by atoms with Crippen molar-refractivity contribution in [2.45, 2.75) is 18.9 Å². The quantitative estimate of drug-likeness (QED) is 0.902. The predicted molar refractivity (Wildman–Crippen MR) is 89.4 cm³/mol. The Hall–Kier alpha value is -2.83. The summed E-state index contributed by atoms with van der Waals surface area (Å²) in [5.74, 6) is 1.58. The fraction of sp³-hybridized carbons (Fsp3) is 0.353. The molecule has 2 heterocycles. The van der Waals surface area contributed by atoms with Gasteiger partial charge in [0.05, 0.1) is 32.7 Å². The number of rotatable bonds is 5. The molecule has 2 N–H and O–H groups in total. The topological polar surface area (TPSA) is 90.6 Å². The van der Waals surface area contributed by atoms with Crippen LogP contribution in [0.1, 0.15) is 34.9 Å². The Morgan fingerprint density at radius 2 is 2.12 bits per heavy atom. The molecule has 0 spiro atoms. The third-order valence-corrected chi connectivity index (χ3v) is 4.22. The van der Waals surface area contributed by atoms with Crippen LogP contribution in [0.5, 0.6) is 11.5 Å². The van der Waals surface area contributed by atoms with E-state index < -0.39 is 5.91 Å². The number of benzene rings is 1. The number of hydrogen-bond acceptors (Lipinski definition) is 6. The summed E-state index contributed by atoms with van der Waals surface area (Å²) in [6.07, 6.45) is 5.01. The molecular formula is C17H20N4O3. The zero-order valence-corrected chi connectivity index (χ0v) is 13.7. The highest BCUT2D eigenvalue weighted by atomic mass is 16.5. The number of carbonyl (C=O) groups is 1. The van der Waals surface area contributed by atoms with Crippen molar-refractivity contribution in [1.29, 1.82) is 0 Å². The molecule has 0 bridgehead atoms. The molecule has 0 aliphatic carbocycles. The molecule has 7 heteroatoms. The Morgan fingerprint density at radius 3 is 2.83 bits per heavy atom. The van der Waals surface area contributed by atoms with Gasteiger partial charge in [-0.3, -0.25) is 9.78 Å². The van der Waals surface area contributed by atoms with E-state index in [9.17, 15) is 4.79 Å². The van der Waals surface area contributed by atoms with Gasteiger partial charge in [0.15, 0.2) is 0 Å². The van der Waals surface area contributed by atoms with Crippen LogP contribution in [0.4, 0.5) is 5.82 Å². The minimum absolute atomic E-state index is 0.100. The van der Waals surface area contributed by atoms with E-state index in [1.807, 2.05) is 18.2 Å². The van der Waals surface area contributed by atoms with Gasteiger partial charge in [-0.05, 0) is 25.0 Å². The van der Waals surface area contributed by atoms with Crippen molar-refractivity contribution >= 4 is 11.7 Å². The van der Waals surface area contributed by atoms with Crippen LogP contribution in [0.15, 0.2) is 30.6 Å². The summed E-state index contributed by atoms with van der Waals surface area (Å²) in [7, 11) is 3.27. The number of anilines is 1. The van der Waals surface area contributed by atoms with Gasteiger partial charge in [0, 0.05) is 18.2 Å². The number of methoxy groups -OCH3 is 2. The van der Waals surface area contributed by atoms with Gasteiger partial charge < -0.3 is 20.1 Å². The standard InChI is InChI=1S/C17H20N4O3/c1-23-11-5-6-12(15(8-11)24-2)14-4-3-7-21(14)16-10-19-9-13(20-16)17(18)22/h5-6,8-10,14H,3-4,7H2,1-2H3,(H2,18,22). The van der Waals surface area contributed by atoms with Crippen molar-refractivity contribution in [3.63, 3.8) is 0 Å². The van der Waals surface area contributed by atoms with Gasteiger partial charge in [-0.2, -0.15) is 0 Å². The average Bonchev–Trinajstić information content (AvgIpc) is 3.10. The first-order chi connectivity index (χ1) is 11.6. The van der Waals surface area contributed by atoms with E-state index in [1.54, 1.807) is 20.4 Å². The number of nitrogens with two attached hydrogens (primary N) is 1. The molecule has 1 amide bonds. The van der Waals surface area contributed by atoms with Gasteiger partial charge >= 0.3 is 0 Å². The highest BCUT2D eigenvalue weighted by molar-refractivity contribution is 5.90. The predicted octanol–water partition coefficient (Wildman–Crippen LogP) is 1.93.